The van der Waals surface area contributed by atoms with Crippen LogP contribution in [-0.2, 0) is 19.4 Å². The normalized spacial score (nSPS) is 21.4. The average Bonchev–Trinajstić information content (AvgIpc) is 2.95. The molecule has 2 atom stereocenters. The van der Waals surface area contributed by atoms with E-state index >= 15 is 0 Å². The maximum Gasteiger partial charge on any atom is 0.0486 e. The van der Waals surface area contributed by atoms with E-state index in [0.29, 0.717) is 12.1 Å². The Bertz CT molecular complexity index is 1010. The molecule has 0 saturated carbocycles. The number of fused-ring (bicyclic) bond motifs is 6. The molecule has 0 amide bonds. The maximum atomic E-state index is 3.91. The second-order valence-corrected chi connectivity index (χ2v) is 8.76. The highest BCUT2D eigenvalue weighted by molar-refractivity contribution is 5.87. The van der Waals surface area contributed by atoms with Gasteiger partial charge in [0.15, 0.2) is 0 Å². The molecule has 2 aliphatic heterocycles. The molecule has 2 nitrogen and oxygen atoms in total. The minimum Gasteiger partial charge on any atom is -0.344 e. The van der Waals surface area contributed by atoms with Crippen molar-refractivity contribution in [1.82, 2.24) is 9.88 Å². The highest BCUT2D eigenvalue weighted by Crippen LogP contribution is 2.41. The standard InChI is InChI=1S/C25H30N2/c1-16-7-9-18(3)19(13-16)11-12-27-23-10-8-17(2)14-21(23)25-22-6-4-5-20(26-22)15-24(25)27/h7-10,13-14,20,22,26H,4-6,11-12,15H2,1-3H3/t20-,22-/m0/s1. The number of nitrogens with one attached hydrogen (secondary N) is 1. The van der Waals surface area contributed by atoms with Crippen molar-refractivity contribution >= 4 is 10.9 Å². The topological polar surface area (TPSA) is 17.0 Å². The van der Waals surface area contributed by atoms with Crippen molar-refractivity contribution in [2.24, 2.45) is 0 Å². The van der Waals surface area contributed by atoms with Gasteiger partial charge in [-0.15, -0.1) is 0 Å². The number of hydrogen-bond donors (Lipinski definition) is 1. The second kappa shape index (κ2) is 6.53. The van der Waals surface area contributed by atoms with Crippen molar-refractivity contribution in [3.63, 3.8) is 0 Å². The van der Waals surface area contributed by atoms with Gasteiger partial charge in [0.05, 0.1) is 0 Å². The zero-order chi connectivity index (χ0) is 18.5. The third kappa shape index (κ3) is 2.91. The maximum absolute atomic E-state index is 3.91. The van der Waals surface area contributed by atoms with E-state index in [-0.39, 0.29) is 0 Å². The van der Waals surface area contributed by atoms with Crippen molar-refractivity contribution in [3.05, 3.63) is 69.9 Å². The Balaban J connectivity index is 1.60. The Hall–Kier alpha value is -2.06. The van der Waals surface area contributed by atoms with E-state index < -0.39 is 0 Å². The van der Waals surface area contributed by atoms with E-state index in [0.717, 1.165) is 13.0 Å². The van der Waals surface area contributed by atoms with Gasteiger partial charge in [0.25, 0.3) is 0 Å². The molecule has 5 rings (SSSR count). The minimum absolute atomic E-state index is 0.554. The van der Waals surface area contributed by atoms with Gasteiger partial charge in [0.1, 0.15) is 0 Å². The molecule has 2 aliphatic rings. The minimum atomic E-state index is 0.554. The summed E-state index contributed by atoms with van der Waals surface area (Å²) >= 11 is 0. The van der Waals surface area contributed by atoms with Crippen LogP contribution in [0.2, 0.25) is 0 Å². The third-order valence-electron chi connectivity index (χ3n) is 6.75. The van der Waals surface area contributed by atoms with E-state index in [1.807, 2.05) is 0 Å². The average molecular weight is 359 g/mol. The van der Waals surface area contributed by atoms with Gasteiger partial charge in [0, 0.05) is 41.6 Å². The predicted octanol–water partition coefficient (Wildman–Crippen LogP) is 5.55. The molecule has 140 valence electrons. The van der Waals surface area contributed by atoms with Gasteiger partial charge in [-0.2, -0.15) is 0 Å². The molecule has 27 heavy (non-hydrogen) atoms. The summed E-state index contributed by atoms with van der Waals surface area (Å²) in [5, 5.41) is 5.40. The van der Waals surface area contributed by atoms with Crippen molar-refractivity contribution in [1.29, 1.82) is 0 Å². The fourth-order valence-corrected chi connectivity index (χ4v) is 5.36. The summed E-state index contributed by atoms with van der Waals surface area (Å²) < 4.78 is 2.65. The van der Waals surface area contributed by atoms with Crippen LogP contribution in [0.4, 0.5) is 0 Å². The number of nitrogens with zero attached hydrogens (tertiary/aromatic N) is 1. The number of benzene rings is 2. The van der Waals surface area contributed by atoms with Crippen LogP contribution in [0.25, 0.3) is 10.9 Å². The van der Waals surface area contributed by atoms with Gasteiger partial charge in [-0.05, 0) is 75.3 Å². The van der Waals surface area contributed by atoms with Crippen LogP contribution in [0.3, 0.4) is 0 Å². The smallest absolute Gasteiger partial charge is 0.0486 e. The first kappa shape index (κ1) is 17.1. The molecular weight excluding hydrogens is 328 g/mol. The van der Waals surface area contributed by atoms with E-state index in [2.05, 4.69) is 67.1 Å². The van der Waals surface area contributed by atoms with E-state index in [9.17, 15) is 0 Å². The van der Waals surface area contributed by atoms with Gasteiger partial charge in [-0.3, -0.25) is 0 Å². The molecule has 0 spiro atoms. The summed E-state index contributed by atoms with van der Waals surface area (Å²) in [5.74, 6) is 0. The molecule has 1 N–H and O–H groups in total. The van der Waals surface area contributed by atoms with Crippen LogP contribution in [0, 0.1) is 20.8 Å². The number of rotatable bonds is 3. The largest absolute Gasteiger partial charge is 0.344 e. The fraction of sp³-hybridized carbons (Fsp3) is 0.440. The molecule has 1 saturated heterocycles. The van der Waals surface area contributed by atoms with Crippen LogP contribution in [0.5, 0.6) is 0 Å². The van der Waals surface area contributed by atoms with Crippen molar-refractivity contribution < 1.29 is 0 Å². The van der Waals surface area contributed by atoms with Gasteiger partial charge in [-0.25, -0.2) is 0 Å². The molecule has 1 aromatic heterocycles. The summed E-state index contributed by atoms with van der Waals surface area (Å²) in [6, 6.07) is 15.1. The van der Waals surface area contributed by atoms with Gasteiger partial charge >= 0.3 is 0 Å². The lowest BCUT2D eigenvalue weighted by molar-refractivity contribution is 0.298. The first-order chi connectivity index (χ1) is 13.1. The summed E-state index contributed by atoms with van der Waals surface area (Å²) in [7, 11) is 0. The molecular formula is C25H30N2. The molecule has 2 bridgehead atoms. The summed E-state index contributed by atoms with van der Waals surface area (Å²) in [4.78, 5) is 0. The number of aryl methyl sites for hydroxylation is 5. The quantitative estimate of drug-likeness (QED) is 0.649. The lowest BCUT2D eigenvalue weighted by atomic mass is 9.84. The summed E-state index contributed by atoms with van der Waals surface area (Å²) in [6.07, 6.45) is 6.27. The number of aromatic nitrogens is 1. The predicted molar refractivity (Wildman–Crippen MR) is 114 cm³/mol. The molecule has 2 heteroatoms. The second-order valence-electron chi connectivity index (χ2n) is 8.76. The highest BCUT2D eigenvalue weighted by Gasteiger charge is 2.34. The summed E-state index contributed by atoms with van der Waals surface area (Å²) in [5.41, 5.74) is 10.3. The number of hydrogen-bond acceptors (Lipinski definition) is 1. The third-order valence-corrected chi connectivity index (χ3v) is 6.75. The Morgan fingerprint density at radius 1 is 1.00 bits per heavy atom. The lowest BCUT2D eigenvalue weighted by Gasteiger charge is -2.37. The first-order valence-electron chi connectivity index (χ1n) is 10.5. The molecule has 0 unspecified atom stereocenters. The lowest BCUT2D eigenvalue weighted by Crippen LogP contribution is -2.43. The molecule has 0 aliphatic carbocycles. The van der Waals surface area contributed by atoms with Crippen LogP contribution in [-0.4, -0.2) is 10.6 Å². The van der Waals surface area contributed by atoms with Crippen LogP contribution >= 0.6 is 0 Å². The highest BCUT2D eigenvalue weighted by atomic mass is 15.1. The van der Waals surface area contributed by atoms with E-state index in [4.69, 9.17) is 0 Å². The monoisotopic (exact) mass is 358 g/mol. The number of piperidine rings is 1. The van der Waals surface area contributed by atoms with E-state index in [1.165, 1.54) is 58.8 Å². The van der Waals surface area contributed by atoms with Crippen LogP contribution in [0.1, 0.15) is 58.8 Å². The first-order valence-corrected chi connectivity index (χ1v) is 10.5. The van der Waals surface area contributed by atoms with Crippen LogP contribution in [0.15, 0.2) is 36.4 Å². The molecule has 2 aromatic carbocycles. The Morgan fingerprint density at radius 2 is 1.81 bits per heavy atom. The van der Waals surface area contributed by atoms with Gasteiger partial charge < -0.3 is 9.88 Å². The Kier molecular flexibility index (Phi) is 4.12. The van der Waals surface area contributed by atoms with E-state index in [1.54, 1.807) is 11.3 Å². The van der Waals surface area contributed by atoms with Crippen LogP contribution < -0.4 is 5.32 Å². The van der Waals surface area contributed by atoms with Crippen molar-refractivity contribution in [3.8, 4) is 0 Å². The SMILES string of the molecule is Cc1ccc(C)c(CCn2c3c(c4cc(C)ccc42)[C@@H]2CCC[C@@H](C3)N2)c1. The van der Waals surface area contributed by atoms with Crippen molar-refractivity contribution in [2.45, 2.75) is 71.5 Å². The molecule has 3 aromatic rings. The van der Waals surface area contributed by atoms with Gasteiger partial charge in [-0.1, -0.05) is 35.4 Å². The molecule has 3 heterocycles. The zero-order valence-corrected chi connectivity index (χ0v) is 16.8. The Morgan fingerprint density at radius 3 is 2.70 bits per heavy atom. The zero-order valence-electron chi connectivity index (χ0n) is 16.8. The molecule has 0 radical (unpaired) electrons. The fourth-order valence-electron chi connectivity index (χ4n) is 5.36. The van der Waals surface area contributed by atoms with Crippen molar-refractivity contribution in [2.75, 3.05) is 0 Å². The van der Waals surface area contributed by atoms with Gasteiger partial charge in [0.2, 0.25) is 0 Å². The summed E-state index contributed by atoms with van der Waals surface area (Å²) in [6.45, 7) is 7.75. The Labute approximate surface area is 162 Å². The molecule has 1 fully saturated rings.